The molecule has 0 aliphatic rings. The third kappa shape index (κ3) is 5.33. The first-order valence-electron chi connectivity index (χ1n) is 5.94. The highest BCUT2D eigenvalue weighted by molar-refractivity contribution is 7.90. The number of hydrogen-bond donors (Lipinski definition) is 1. The summed E-state index contributed by atoms with van der Waals surface area (Å²) in [6.07, 6.45) is 3.60. The third-order valence-electron chi connectivity index (χ3n) is 2.85. The Kier molecular flexibility index (Phi) is 5.15. The van der Waals surface area contributed by atoms with Crippen LogP contribution in [-0.2, 0) is 16.3 Å². The van der Waals surface area contributed by atoms with E-state index in [4.69, 9.17) is 5.73 Å². The number of rotatable bonds is 6. The van der Waals surface area contributed by atoms with Gasteiger partial charge in [0.2, 0.25) is 0 Å². The van der Waals surface area contributed by atoms with E-state index in [2.05, 4.69) is 19.1 Å². The van der Waals surface area contributed by atoms with Crippen molar-refractivity contribution >= 4 is 9.84 Å². The van der Waals surface area contributed by atoms with E-state index >= 15 is 0 Å². The molecule has 1 aromatic rings. The van der Waals surface area contributed by atoms with Gasteiger partial charge >= 0.3 is 0 Å². The van der Waals surface area contributed by atoms with E-state index < -0.39 is 9.84 Å². The van der Waals surface area contributed by atoms with Gasteiger partial charge in [-0.05, 0) is 30.4 Å². The second-order valence-corrected chi connectivity index (χ2v) is 6.73. The van der Waals surface area contributed by atoms with Gasteiger partial charge in [0.1, 0.15) is 9.84 Å². The molecule has 0 saturated heterocycles. The Morgan fingerprint density at radius 3 is 2.29 bits per heavy atom. The Labute approximate surface area is 104 Å². The van der Waals surface area contributed by atoms with Crippen molar-refractivity contribution in [1.29, 1.82) is 0 Å². The predicted octanol–water partition coefficient (Wildman–Crippen LogP) is 2.07. The molecular weight excluding hydrogens is 234 g/mol. The van der Waals surface area contributed by atoms with Gasteiger partial charge in [0.25, 0.3) is 0 Å². The highest BCUT2D eigenvalue weighted by Crippen LogP contribution is 2.17. The van der Waals surface area contributed by atoms with Crippen molar-refractivity contribution in [2.24, 2.45) is 5.73 Å². The van der Waals surface area contributed by atoms with Crippen molar-refractivity contribution in [2.45, 2.75) is 32.2 Å². The molecule has 0 aliphatic heterocycles. The Hall–Kier alpha value is -0.870. The van der Waals surface area contributed by atoms with Crippen LogP contribution < -0.4 is 5.73 Å². The average molecular weight is 255 g/mol. The molecule has 0 aromatic heterocycles. The normalized spacial score (nSPS) is 13.6. The van der Waals surface area contributed by atoms with Crippen molar-refractivity contribution in [2.75, 3.05) is 12.0 Å². The first-order valence-corrected chi connectivity index (χ1v) is 8.00. The summed E-state index contributed by atoms with van der Waals surface area (Å²) in [6.45, 7) is 2.11. The Morgan fingerprint density at radius 2 is 1.82 bits per heavy atom. The molecule has 4 heteroatoms. The Bertz CT molecular complexity index is 437. The van der Waals surface area contributed by atoms with Crippen LogP contribution >= 0.6 is 0 Å². The number of sulfone groups is 1. The molecule has 0 aliphatic carbocycles. The largest absolute Gasteiger partial charge is 0.324 e. The van der Waals surface area contributed by atoms with E-state index in [1.165, 1.54) is 11.8 Å². The summed E-state index contributed by atoms with van der Waals surface area (Å²) in [5.74, 6) is 0.216. The van der Waals surface area contributed by atoms with E-state index in [1.54, 1.807) is 0 Å². The maximum atomic E-state index is 11.0. The van der Waals surface area contributed by atoms with E-state index in [0.29, 0.717) is 12.8 Å². The van der Waals surface area contributed by atoms with Crippen molar-refractivity contribution in [3.05, 3.63) is 35.4 Å². The maximum absolute atomic E-state index is 11.0. The fourth-order valence-corrected chi connectivity index (χ4v) is 2.42. The summed E-state index contributed by atoms with van der Waals surface area (Å²) in [5, 5.41) is 0. The molecule has 0 saturated carbocycles. The molecule has 1 rings (SSSR count). The van der Waals surface area contributed by atoms with E-state index in [9.17, 15) is 8.42 Å². The summed E-state index contributed by atoms with van der Waals surface area (Å²) in [7, 11) is -2.87. The smallest absolute Gasteiger partial charge is 0.147 e. The van der Waals surface area contributed by atoms with Crippen LogP contribution in [0.3, 0.4) is 0 Å². The zero-order valence-electron chi connectivity index (χ0n) is 10.5. The molecular formula is C13H21NO2S. The van der Waals surface area contributed by atoms with Gasteiger partial charge in [-0.25, -0.2) is 8.42 Å². The van der Waals surface area contributed by atoms with Gasteiger partial charge in [0.05, 0.1) is 0 Å². The molecule has 96 valence electrons. The van der Waals surface area contributed by atoms with Crippen LogP contribution in [0.5, 0.6) is 0 Å². The molecule has 1 atom stereocenters. The highest BCUT2D eigenvalue weighted by atomic mass is 32.2. The van der Waals surface area contributed by atoms with Crippen LogP contribution in [-0.4, -0.2) is 20.4 Å². The lowest BCUT2D eigenvalue weighted by atomic mass is 10.0. The highest BCUT2D eigenvalue weighted by Gasteiger charge is 2.08. The van der Waals surface area contributed by atoms with Crippen molar-refractivity contribution in [3.8, 4) is 0 Å². The summed E-state index contributed by atoms with van der Waals surface area (Å²) < 4.78 is 22.0. The first-order chi connectivity index (χ1) is 7.92. The fourth-order valence-electron chi connectivity index (χ4n) is 1.73. The summed E-state index contributed by atoms with van der Waals surface area (Å²) in [6, 6.07) is 8.15. The Morgan fingerprint density at radius 1 is 1.24 bits per heavy atom. The van der Waals surface area contributed by atoms with Crippen molar-refractivity contribution in [1.82, 2.24) is 0 Å². The van der Waals surface area contributed by atoms with Crippen LogP contribution in [0, 0.1) is 0 Å². The third-order valence-corrected chi connectivity index (χ3v) is 3.88. The molecule has 0 amide bonds. The van der Waals surface area contributed by atoms with Crippen LogP contribution in [0.4, 0.5) is 0 Å². The van der Waals surface area contributed by atoms with E-state index in [1.807, 2.05) is 12.1 Å². The Balaban J connectivity index is 2.49. The molecule has 0 bridgehead atoms. The second-order valence-electron chi connectivity index (χ2n) is 4.47. The maximum Gasteiger partial charge on any atom is 0.147 e. The van der Waals surface area contributed by atoms with Gasteiger partial charge in [-0.2, -0.15) is 0 Å². The molecule has 0 heterocycles. The quantitative estimate of drug-likeness (QED) is 0.846. The topological polar surface area (TPSA) is 60.2 Å². The van der Waals surface area contributed by atoms with Crippen LogP contribution in [0.15, 0.2) is 24.3 Å². The predicted molar refractivity (Wildman–Crippen MR) is 71.7 cm³/mol. The fraction of sp³-hybridized carbons (Fsp3) is 0.538. The summed E-state index contributed by atoms with van der Waals surface area (Å²) >= 11 is 0. The van der Waals surface area contributed by atoms with Gasteiger partial charge in [0, 0.05) is 18.1 Å². The molecule has 0 radical (unpaired) electrons. The molecule has 2 N–H and O–H groups in total. The molecule has 1 unspecified atom stereocenters. The molecule has 0 fully saturated rings. The van der Waals surface area contributed by atoms with E-state index in [-0.39, 0.29) is 11.8 Å². The minimum atomic E-state index is -2.87. The van der Waals surface area contributed by atoms with Crippen LogP contribution in [0.2, 0.25) is 0 Å². The minimum Gasteiger partial charge on any atom is -0.324 e. The molecule has 17 heavy (non-hydrogen) atoms. The van der Waals surface area contributed by atoms with Gasteiger partial charge in [-0.1, -0.05) is 31.2 Å². The van der Waals surface area contributed by atoms with Gasteiger partial charge in [-0.3, -0.25) is 0 Å². The lowest BCUT2D eigenvalue weighted by Gasteiger charge is -2.12. The van der Waals surface area contributed by atoms with Crippen LogP contribution in [0.1, 0.15) is 36.9 Å². The average Bonchev–Trinajstić information content (AvgIpc) is 2.27. The zero-order chi connectivity index (χ0) is 12.9. The lowest BCUT2D eigenvalue weighted by molar-refractivity contribution is 0.588. The number of hydrogen-bond acceptors (Lipinski definition) is 3. The number of nitrogens with two attached hydrogens (primary N) is 1. The molecule has 1 aromatic carbocycles. The van der Waals surface area contributed by atoms with Crippen molar-refractivity contribution in [3.63, 3.8) is 0 Å². The van der Waals surface area contributed by atoms with Crippen molar-refractivity contribution < 1.29 is 8.42 Å². The number of aryl methyl sites for hydroxylation is 1. The first kappa shape index (κ1) is 14.2. The summed E-state index contributed by atoms with van der Waals surface area (Å²) in [4.78, 5) is 0. The molecule has 0 spiro atoms. The SMILES string of the molecule is CCc1ccc(C(N)CCCS(C)(=O)=O)cc1. The number of benzene rings is 1. The standard InChI is InChI=1S/C13H21NO2S/c1-3-11-6-8-12(9-7-11)13(14)5-4-10-17(2,15)16/h6-9,13H,3-5,10,14H2,1-2H3. The lowest BCUT2D eigenvalue weighted by Crippen LogP contribution is -2.12. The monoisotopic (exact) mass is 255 g/mol. The molecule has 3 nitrogen and oxygen atoms in total. The van der Waals surface area contributed by atoms with Gasteiger partial charge in [0.15, 0.2) is 0 Å². The zero-order valence-corrected chi connectivity index (χ0v) is 11.3. The van der Waals surface area contributed by atoms with Gasteiger partial charge < -0.3 is 5.73 Å². The van der Waals surface area contributed by atoms with Crippen LogP contribution in [0.25, 0.3) is 0 Å². The van der Waals surface area contributed by atoms with E-state index in [0.717, 1.165) is 12.0 Å². The summed E-state index contributed by atoms with van der Waals surface area (Å²) in [5.41, 5.74) is 8.39. The second kappa shape index (κ2) is 6.17. The minimum absolute atomic E-state index is 0.0670. The van der Waals surface area contributed by atoms with Gasteiger partial charge in [-0.15, -0.1) is 0 Å².